The fourth-order valence-electron chi connectivity index (χ4n) is 5.16. The van der Waals surface area contributed by atoms with Crippen LogP contribution >= 0.6 is 0 Å². The first kappa shape index (κ1) is 25.0. The minimum Gasteiger partial charge on any atom is -0.489 e. The number of ether oxygens (including phenoxy) is 1. The fraction of sp³-hybridized carbons (Fsp3) is 0.296. The highest BCUT2D eigenvalue weighted by atomic mass is 19.4. The van der Waals surface area contributed by atoms with Gasteiger partial charge in [-0.1, -0.05) is 37.5 Å². The molecule has 0 bridgehead atoms. The molecule has 1 N–H and O–H groups in total. The van der Waals surface area contributed by atoms with Crippen LogP contribution in [0.4, 0.5) is 17.6 Å². The molecule has 5 aromatic rings. The van der Waals surface area contributed by atoms with Crippen LogP contribution in [0.5, 0.6) is 5.75 Å². The second kappa shape index (κ2) is 10.1. The highest BCUT2D eigenvalue weighted by Gasteiger charge is 2.34. The predicted molar refractivity (Wildman–Crippen MR) is 133 cm³/mol. The van der Waals surface area contributed by atoms with Gasteiger partial charge in [0.15, 0.2) is 11.5 Å². The zero-order valence-corrected chi connectivity index (χ0v) is 20.6. The van der Waals surface area contributed by atoms with Crippen molar-refractivity contribution >= 4 is 5.65 Å². The van der Waals surface area contributed by atoms with Crippen molar-refractivity contribution in [1.29, 1.82) is 0 Å². The summed E-state index contributed by atoms with van der Waals surface area (Å²) in [6.07, 6.45) is 4.35. The summed E-state index contributed by atoms with van der Waals surface area (Å²) in [5.41, 5.74) is 3.21. The molecule has 0 atom stereocenters. The number of nitrogens with one attached hydrogen (secondary N) is 1. The molecular formula is C27H23F4N7O. The van der Waals surface area contributed by atoms with Gasteiger partial charge >= 0.3 is 6.18 Å². The Bertz CT molecular complexity index is 1590. The Morgan fingerprint density at radius 3 is 2.49 bits per heavy atom. The quantitative estimate of drug-likeness (QED) is 0.253. The summed E-state index contributed by atoms with van der Waals surface area (Å²) in [6, 6.07) is 10.2. The van der Waals surface area contributed by atoms with Gasteiger partial charge < -0.3 is 4.74 Å². The van der Waals surface area contributed by atoms with Crippen molar-refractivity contribution in [3.8, 4) is 28.3 Å². The van der Waals surface area contributed by atoms with Gasteiger partial charge in [0.2, 0.25) is 0 Å². The summed E-state index contributed by atoms with van der Waals surface area (Å²) in [4.78, 5) is 4.69. The number of hydrogen-bond acceptors (Lipinski definition) is 6. The van der Waals surface area contributed by atoms with Crippen molar-refractivity contribution < 1.29 is 22.3 Å². The largest absolute Gasteiger partial charge is 0.489 e. The van der Waals surface area contributed by atoms with Crippen LogP contribution in [0.1, 0.15) is 54.8 Å². The van der Waals surface area contributed by atoms with Gasteiger partial charge in [0.05, 0.1) is 23.0 Å². The Balaban J connectivity index is 1.29. The molecule has 0 saturated heterocycles. The summed E-state index contributed by atoms with van der Waals surface area (Å²) in [7, 11) is 0. The molecular weight excluding hydrogens is 514 g/mol. The lowest BCUT2D eigenvalue weighted by molar-refractivity contribution is -0.140. The van der Waals surface area contributed by atoms with E-state index in [9.17, 15) is 17.6 Å². The first-order valence-electron chi connectivity index (χ1n) is 12.6. The number of halogens is 4. The number of H-pyrrole nitrogens is 1. The summed E-state index contributed by atoms with van der Waals surface area (Å²) >= 11 is 0. The van der Waals surface area contributed by atoms with Gasteiger partial charge in [-0.15, -0.1) is 5.10 Å². The third-order valence-electron chi connectivity index (χ3n) is 7.06. The number of rotatable bonds is 6. The van der Waals surface area contributed by atoms with Gasteiger partial charge in [0, 0.05) is 17.7 Å². The monoisotopic (exact) mass is 537 g/mol. The SMILES string of the molecule is Fc1ccc(COc2ccc(-c3cnc4c(-c5nnn[nH]5)cnn4c3C3CCCCC3)cc2)cc1C(F)(F)F. The number of aromatic nitrogens is 7. The van der Waals surface area contributed by atoms with E-state index < -0.39 is 17.6 Å². The Labute approximate surface area is 220 Å². The zero-order valence-electron chi connectivity index (χ0n) is 20.6. The summed E-state index contributed by atoms with van der Waals surface area (Å²) in [5, 5.41) is 18.7. The molecule has 8 nitrogen and oxygen atoms in total. The number of benzene rings is 2. The Morgan fingerprint density at radius 1 is 0.974 bits per heavy atom. The predicted octanol–water partition coefficient (Wildman–Crippen LogP) is 6.36. The van der Waals surface area contributed by atoms with Gasteiger partial charge in [-0.3, -0.25) is 0 Å². The minimum atomic E-state index is -4.77. The van der Waals surface area contributed by atoms with E-state index in [1.165, 1.54) is 12.5 Å². The summed E-state index contributed by atoms with van der Waals surface area (Å²) < 4.78 is 60.3. The van der Waals surface area contributed by atoms with Crippen LogP contribution in [0.15, 0.2) is 54.9 Å². The molecule has 0 spiro atoms. The van der Waals surface area contributed by atoms with Crippen LogP contribution < -0.4 is 4.74 Å². The van der Waals surface area contributed by atoms with E-state index in [-0.39, 0.29) is 12.2 Å². The number of fused-ring (bicyclic) bond motifs is 1. The van der Waals surface area contributed by atoms with Crippen LogP contribution in [-0.2, 0) is 12.8 Å². The third-order valence-corrected chi connectivity index (χ3v) is 7.06. The fourth-order valence-corrected chi connectivity index (χ4v) is 5.16. The van der Waals surface area contributed by atoms with Crippen LogP contribution in [-0.4, -0.2) is 35.2 Å². The van der Waals surface area contributed by atoms with Crippen LogP contribution in [0.3, 0.4) is 0 Å². The molecule has 200 valence electrons. The molecule has 0 unspecified atom stereocenters. The van der Waals surface area contributed by atoms with E-state index in [2.05, 4.69) is 25.7 Å². The summed E-state index contributed by atoms with van der Waals surface area (Å²) in [6.45, 7) is -0.129. The average Bonchev–Trinajstić information content (AvgIpc) is 3.62. The standard InChI is InChI=1S/C27H23F4N7O/c28-23-11-6-16(12-22(23)27(29,30)31)15-39-19-9-7-17(8-10-19)20-13-32-26-21(25-34-36-37-35-25)14-33-38(26)24(20)18-4-2-1-3-5-18/h6-14,18H,1-5,15H2,(H,34,35,36,37). The van der Waals surface area contributed by atoms with E-state index in [0.29, 0.717) is 28.7 Å². The maximum Gasteiger partial charge on any atom is 0.419 e. The van der Waals surface area contributed by atoms with Crippen molar-refractivity contribution in [1.82, 2.24) is 35.2 Å². The highest BCUT2D eigenvalue weighted by Crippen LogP contribution is 2.39. The smallest absolute Gasteiger partial charge is 0.419 e. The average molecular weight is 538 g/mol. The molecule has 1 fully saturated rings. The van der Waals surface area contributed by atoms with E-state index >= 15 is 0 Å². The number of alkyl halides is 3. The maximum atomic E-state index is 13.6. The lowest BCUT2D eigenvalue weighted by Crippen LogP contribution is -2.12. The molecule has 3 heterocycles. The molecule has 0 radical (unpaired) electrons. The maximum absolute atomic E-state index is 13.6. The lowest BCUT2D eigenvalue weighted by Gasteiger charge is -2.25. The third kappa shape index (κ3) is 4.93. The molecule has 2 aromatic carbocycles. The van der Waals surface area contributed by atoms with E-state index in [1.54, 1.807) is 18.3 Å². The van der Waals surface area contributed by atoms with E-state index in [0.717, 1.165) is 54.6 Å². The molecule has 1 aliphatic rings. The van der Waals surface area contributed by atoms with Crippen molar-refractivity contribution in [2.75, 3.05) is 0 Å². The van der Waals surface area contributed by atoms with Crippen molar-refractivity contribution in [2.24, 2.45) is 0 Å². The van der Waals surface area contributed by atoms with Crippen LogP contribution in [0, 0.1) is 5.82 Å². The Morgan fingerprint density at radius 2 is 1.77 bits per heavy atom. The summed E-state index contributed by atoms with van der Waals surface area (Å²) in [5.74, 6) is -0.0391. The van der Waals surface area contributed by atoms with Crippen molar-refractivity contribution in [2.45, 2.75) is 50.8 Å². The molecule has 1 saturated carbocycles. The molecule has 12 heteroatoms. The molecule has 6 rings (SSSR count). The van der Waals surface area contributed by atoms with Gasteiger partial charge in [0.1, 0.15) is 18.2 Å². The number of nitrogens with zero attached hydrogens (tertiary/aromatic N) is 6. The van der Waals surface area contributed by atoms with Gasteiger partial charge in [-0.05, 0) is 58.7 Å². The lowest BCUT2D eigenvalue weighted by atomic mass is 9.84. The number of aromatic amines is 1. The first-order chi connectivity index (χ1) is 18.9. The molecule has 39 heavy (non-hydrogen) atoms. The molecule has 0 amide bonds. The molecule has 1 aliphatic carbocycles. The van der Waals surface area contributed by atoms with Crippen LogP contribution in [0.25, 0.3) is 28.2 Å². The van der Waals surface area contributed by atoms with Gasteiger partial charge in [0.25, 0.3) is 0 Å². The normalized spacial score (nSPS) is 14.7. The molecule has 0 aliphatic heterocycles. The second-order valence-corrected chi connectivity index (χ2v) is 9.56. The van der Waals surface area contributed by atoms with E-state index in [1.807, 2.05) is 22.8 Å². The minimum absolute atomic E-state index is 0.129. The van der Waals surface area contributed by atoms with E-state index in [4.69, 9.17) is 9.72 Å². The highest BCUT2D eigenvalue weighted by molar-refractivity contribution is 5.75. The van der Waals surface area contributed by atoms with Crippen LogP contribution in [0.2, 0.25) is 0 Å². The number of tetrazole rings is 1. The van der Waals surface area contributed by atoms with Crippen molar-refractivity contribution in [3.63, 3.8) is 0 Å². The Hall–Kier alpha value is -4.35. The molecule has 3 aromatic heterocycles. The first-order valence-corrected chi connectivity index (χ1v) is 12.6. The van der Waals surface area contributed by atoms with Gasteiger partial charge in [-0.2, -0.15) is 18.3 Å². The second-order valence-electron chi connectivity index (χ2n) is 9.56. The van der Waals surface area contributed by atoms with Crippen molar-refractivity contribution in [3.05, 3.63) is 77.5 Å². The number of hydrogen-bond donors (Lipinski definition) is 1. The Kier molecular flexibility index (Phi) is 6.45. The van der Waals surface area contributed by atoms with Gasteiger partial charge in [-0.25, -0.2) is 19.0 Å². The topological polar surface area (TPSA) is 93.9 Å². The zero-order chi connectivity index (χ0) is 27.0.